The molecule has 1 fully saturated rings. The smallest absolute Gasteiger partial charge is 0.260 e. The Labute approximate surface area is 153 Å². The second-order valence-electron chi connectivity index (χ2n) is 5.92. The van der Waals surface area contributed by atoms with E-state index in [2.05, 4.69) is 0 Å². The average molecular weight is 357 g/mol. The van der Waals surface area contributed by atoms with E-state index in [0.717, 1.165) is 11.5 Å². The molecule has 138 valence electrons. The molecule has 6 heteroatoms. The predicted molar refractivity (Wildman–Crippen MR) is 96.7 cm³/mol. The van der Waals surface area contributed by atoms with Gasteiger partial charge in [-0.2, -0.15) is 0 Å². The maximum absolute atomic E-state index is 12.4. The van der Waals surface area contributed by atoms with Crippen LogP contribution in [0.2, 0.25) is 0 Å². The highest BCUT2D eigenvalue weighted by Gasteiger charge is 2.25. The van der Waals surface area contributed by atoms with Crippen molar-refractivity contribution >= 4 is 5.91 Å². The van der Waals surface area contributed by atoms with Gasteiger partial charge in [0.2, 0.25) is 0 Å². The third kappa shape index (κ3) is 5.13. The van der Waals surface area contributed by atoms with Gasteiger partial charge >= 0.3 is 0 Å². The zero-order valence-electron chi connectivity index (χ0n) is 14.8. The molecule has 2 aromatic rings. The third-order valence-corrected chi connectivity index (χ3v) is 4.09. The molecule has 0 N–H and O–H groups in total. The van der Waals surface area contributed by atoms with Gasteiger partial charge in [-0.25, -0.2) is 0 Å². The minimum atomic E-state index is -0.161. The lowest BCUT2D eigenvalue weighted by molar-refractivity contribution is -0.142. The highest BCUT2D eigenvalue weighted by molar-refractivity contribution is 5.77. The molecular formula is C20H23NO5. The Morgan fingerprint density at radius 2 is 1.73 bits per heavy atom. The van der Waals surface area contributed by atoms with Crippen LogP contribution in [0, 0.1) is 0 Å². The lowest BCUT2D eigenvalue weighted by Crippen LogP contribution is -2.49. The molecule has 0 aromatic heterocycles. The monoisotopic (exact) mass is 357 g/mol. The van der Waals surface area contributed by atoms with E-state index < -0.39 is 0 Å². The molecule has 0 saturated carbocycles. The Morgan fingerprint density at radius 1 is 1.04 bits per heavy atom. The summed E-state index contributed by atoms with van der Waals surface area (Å²) < 4.78 is 22.1. The number of ether oxygens (including phenoxy) is 4. The molecule has 26 heavy (non-hydrogen) atoms. The van der Waals surface area contributed by atoms with Crippen LogP contribution in [0.3, 0.4) is 0 Å². The molecule has 1 aliphatic heterocycles. The number of methoxy groups -OCH3 is 1. The van der Waals surface area contributed by atoms with Crippen LogP contribution in [-0.4, -0.2) is 56.9 Å². The minimum Gasteiger partial charge on any atom is -0.497 e. The number of benzene rings is 2. The van der Waals surface area contributed by atoms with Gasteiger partial charge in [0.15, 0.2) is 6.61 Å². The van der Waals surface area contributed by atoms with E-state index >= 15 is 0 Å². The number of nitrogens with zero attached hydrogens (tertiary/aromatic N) is 1. The van der Waals surface area contributed by atoms with Crippen LogP contribution in [-0.2, 0) is 9.53 Å². The molecular weight excluding hydrogens is 334 g/mol. The second-order valence-corrected chi connectivity index (χ2v) is 5.92. The number of amides is 1. The Kier molecular flexibility index (Phi) is 6.33. The van der Waals surface area contributed by atoms with Crippen LogP contribution in [0.25, 0.3) is 0 Å². The molecule has 0 spiro atoms. The van der Waals surface area contributed by atoms with Gasteiger partial charge in [-0.15, -0.1) is 0 Å². The topological polar surface area (TPSA) is 57.2 Å². The number of carbonyl (C=O) groups is 1. The van der Waals surface area contributed by atoms with Gasteiger partial charge in [0, 0.05) is 6.54 Å². The van der Waals surface area contributed by atoms with E-state index in [4.69, 9.17) is 18.9 Å². The largest absolute Gasteiger partial charge is 0.497 e. The molecule has 2 aromatic carbocycles. The van der Waals surface area contributed by atoms with E-state index in [1.165, 1.54) is 0 Å². The molecule has 1 heterocycles. The lowest BCUT2D eigenvalue weighted by atomic mass is 10.2. The van der Waals surface area contributed by atoms with Crippen LogP contribution < -0.4 is 14.2 Å². The van der Waals surface area contributed by atoms with Gasteiger partial charge in [-0.05, 0) is 36.4 Å². The fourth-order valence-electron chi connectivity index (χ4n) is 2.66. The summed E-state index contributed by atoms with van der Waals surface area (Å²) in [5.41, 5.74) is 0. The lowest BCUT2D eigenvalue weighted by Gasteiger charge is -2.32. The maximum atomic E-state index is 12.4. The van der Waals surface area contributed by atoms with Crippen LogP contribution >= 0.6 is 0 Å². The summed E-state index contributed by atoms with van der Waals surface area (Å²) in [6.07, 6.45) is -0.161. The summed E-state index contributed by atoms with van der Waals surface area (Å²) in [6.45, 7) is 1.96. The van der Waals surface area contributed by atoms with E-state index in [-0.39, 0.29) is 18.6 Å². The van der Waals surface area contributed by atoms with E-state index in [0.29, 0.717) is 32.1 Å². The highest BCUT2D eigenvalue weighted by Crippen LogP contribution is 2.18. The summed E-state index contributed by atoms with van der Waals surface area (Å²) >= 11 is 0. The quantitative estimate of drug-likeness (QED) is 0.762. The first-order chi connectivity index (χ1) is 12.7. The molecule has 3 rings (SSSR count). The van der Waals surface area contributed by atoms with Gasteiger partial charge < -0.3 is 23.8 Å². The highest BCUT2D eigenvalue weighted by atomic mass is 16.5. The van der Waals surface area contributed by atoms with E-state index in [1.807, 2.05) is 54.6 Å². The number of morpholine rings is 1. The summed E-state index contributed by atoms with van der Waals surface area (Å²) in [4.78, 5) is 14.1. The van der Waals surface area contributed by atoms with Crippen molar-refractivity contribution in [3.8, 4) is 17.2 Å². The van der Waals surface area contributed by atoms with Crippen molar-refractivity contribution in [3.63, 3.8) is 0 Å². The fraction of sp³-hybridized carbons (Fsp3) is 0.350. The Balaban J connectivity index is 1.44. The van der Waals surface area contributed by atoms with Crippen LogP contribution in [0.1, 0.15) is 0 Å². The summed E-state index contributed by atoms with van der Waals surface area (Å²) in [6, 6.07) is 16.7. The first kappa shape index (κ1) is 18.1. The van der Waals surface area contributed by atoms with Crippen molar-refractivity contribution in [1.82, 2.24) is 4.90 Å². The fourth-order valence-corrected chi connectivity index (χ4v) is 2.66. The first-order valence-electron chi connectivity index (χ1n) is 8.58. The zero-order valence-corrected chi connectivity index (χ0v) is 14.8. The molecule has 0 unspecified atom stereocenters. The molecule has 1 saturated heterocycles. The normalized spacial score (nSPS) is 16.8. The van der Waals surface area contributed by atoms with Crippen LogP contribution in [0.4, 0.5) is 0 Å². The summed E-state index contributed by atoms with van der Waals surface area (Å²) in [7, 11) is 1.62. The third-order valence-electron chi connectivity index (χ3n) is 4.09. The Hall–Kier alpha value is -2.73. The molecule has 1 amide bonds. The number of rotatable bonds is 7. The van der Waals surface area contributed by atoms with Gasteiger partial charge in [-0.3, -0.25) is 4.79 Å². The maximum Gasteiger partial charge on any atom is 0.260 e. The van der Waals surface area contributed by atoms with Crippen molar-refractivity contribution in [2.24, 2.45) is 0 Å². The molecule has 1 aliphatic rings. The van der Waals surface area contributed by atoms with Gasteiger partial charge in [0.25, 0.3) is 5.91 Å². The molecule has 0 bridgehead atoms. The predicted octanol–water partition coefficient (Wildman–Crippen LogP) is 2.38. The van der Waals surface area contributed by atoms with Gasteiger partial charge in [0.1, 0.15) is 30.0 Å². The number of hydrogen-bond acceptors (Lipinski definition) is 5. The Morgan fingerprint density at radius 3 is 2.46 bits per heavy atom. The molecule has 1 atom stereocenters. The number of hydrogen-bond donors (Lipinski definition) is 0. The van der Waals surface area contributed by atoms with Crippen molar-refractivity contribution in [2.75, 3.05) is 40.0 Å². The second kappa shape index (κ2) is 9.10. The molecule has 0 aliphatic carbocycles. The van der Waals surface area contributed by atoms with Crippen LogP contribution in [0.5, 0.6) is 17.2 Å². The standard InChI is InChI=1S/C20H23NO5/c1-23-16-7-9-18(10-8-16)25-14-19-13-21(11-12-24-19)20(22)15-26-17-5-3-2-4-6-17/h2-10,19H,11-15H2,1H3/t19-/m0/s1. The molecule has 0 radical (unpaired) electrons. The Bertz CT molecular complexity index is 689. The van der Waals surface area contributed by atoms with Crippen molar-refractivity contribution in [3.05, 3.63) is 54.6 Å². The van der Waals surface area contributed by atoms with Crippen LogP contribution in [0.15, 0.2) is 54.6 Å². The molecule has 6 nitrogen and oxygen atoms in total. The van der Waals surface area contributed by atoms with Crippen molar-refractivity contribution in [2.45, 2.75) is 6.10 Å². The average Bonchev–Trinajstić information content (AvgIpc) is 2.72. The number of para-hydroxylation sites is 1. The zero-order chi connectivity index (χ0) is 18.2. The van der Waals surface area contributed by atoms with E-state index in [1.54, 1.807) is 12.0 Å². The van der Waals surface area contributed by atoms with Crippen molar-refractivity contribution < 1.29 is 23.7 Å². The first-order valence-corrected chi connectivity index (χ1v) is 8.58. The van der Waals surface area contributed by atoms with Gasteiger partial charge in [0.05, 0.1) is 20.3 Å². The number of carbonyl (C=O) groups excluding carboxylic acids is 1. The van der Waals surface area contributed by atoms with Gasteiger partial charge in [-0.1, -0.05) is 18.2 Å². The van der Waals surface area contributed by atoms with Crippen molar-refractivity contribution in [1.29, 1.82) is 0 Å². The van der Waals surface area contributed by atoms with E-state index in [9.17, 15) is 4.79 Å². The minimum absolute atomic E-state index is 0.0239. The summed E-state index contributed by atoms with van der Waals surface area (Å²) in [5.74, 6) is 2.16. The summed E-state index contributed by atoms with van der Waals surface area (Å²) in [5, 5.41) is 0. The SMILES string of the molecule is COc1ccc(OC[C@@H]2CN(C(=O)COc3ccccc3)CCO2)cc1.